The molecule has 4 heteroatoms. The Morgan fingerprint density at radius 1 is 1.50 bits per heavy atom. The molecular weight excluding hydrogens is 339 g/mol. The summed E-state index contributed by atoms with van der Waals surface area (Å²) in [6.45, 7) is 2.01. The third kappa shape index (κ3) is 3.45. The largest absolute Gasteiger partial charge is 0.327 e. The summed E-state index contributed by atoms with van der Waals surface area (Å²) in [6, 6.07) is 6.24. The lowest BCUT2D eigenvalue weighted by atomic mass is 10.00. The molecule has 2 atom stereocenters. The molecule has 98 valence electrons. The van der Waals surface area contributed by atoms with Gasteiger partial charge in [0.15, 0.2) is 0 Å². The maximum absolute atomic E-state index is 12.0. The van der Waals surface area contributed by atoms with Gasteiger partial charge in [0, 0.05) is 21.7 Å². The van der Waals surface area contributed by atoms with Crippen molar-refractivity contribution in [1.29, 1.82) is 0 Å². The SMILES string of the molecule is Cc1cc(I)ccc1NC(=O)C[C@@H]1CCC[C@H]1N. The van der Waals surface area contributed by atoms with Gasteiger partial charge in [-0.05, 0) is 72.0 Å². The van der Waals surface area contributed by atoms with Crippen LogP contribution in [0.25, 0.3) is 0 Å². The van der Waals surface area contributed by atoms with Crippen LogP contribution in [0.15, 0.2) is 18.2 Å². The second-order valence-electron chi connectivity index (χ2n) is 5.07. The van der Waals surface area contributed by atoms with Crippen LogP contribution >= 0.6 is 22.6 Å². The van der Waals surface area contributed by atoms with E-state index in [1.54, 1.807) is 0 Å². The van der Waals surface area contributed by atoms with Gasteiger partial charge in [0.2, 0.25) is 5.91 Å². The molecule has 0 heterocycles. The maximum Gasteiger partial charge on any atom is 0.224 e. The lowest BCUT2D eigenvalue weighted by Gasteiger charge is -2.15. The van der Waals surface area contributed by atoms with Crippen molar-refractivity contribution in [2.45, 2.75) is 38.6 Å². The topological polar surface area (TPSA) is 55.1 Å². The van der Waals surface area contributed by atoms with Gasteiger partial charge < -0.3 is 11.1 Å². The summed E-state index contributed by atoms with van der Waals surface area (Å²) >= 11 is 2.27. The first kappa shape index (κ1) is 13.8. The average Bonchev–Trinajstić information content (AvgIpc) is 2.69. The Balaban J connectivity index is 1.94. The Bertz CT molecular complexity index is 447. The molecule has 18 heavy (non-hydrogen) atoms. The van der Waals surface area contributed by atoms with Crippen LogP contribution in [0.3, 0.4) is 0 Å². The summed E-state index contributed by atoms with van der Waals surface area (Å²) in [7, 11) is 0. The van der Waals surface area contributed by atoms with Crippen LogP contribution in [0, 0.1) is 16.4 Å². The molecule has 1 amide bonds. The van der Waals surface area contributed by atoms with Crippen LogP contribution in [0.1, 0.15) is 31.2 Å². The molecule has 1 saturated carbocycles. The first-order valence-corrected chi connectivity index (χ1v) is 7.45. The molecule has 2 rings (SSSR count). The van der Waals surface area contributed by atoms with Gasteiger partial charge in [-0.15, -0.1) is 0 Å². The predicted molar refractivity (Wildman–Crippen MR) is 82.5 cm³/mol. The van der Waals surface area contributed by atoms with E-state index in [0.717, 1.165) is 30.5 Å². The van der Waals surface area contributed by atoms with Gasteiger partial charge in [0.05, 0.1) is 0 Å². The summed E-state index contributed by atoms with van der Waals surface area (Å²) in [5, 5.41) is 2.99. The molecule has 1 aromatic rings. The Hall–Kier alpha value is -0.620. The van der Waals surface area contributed by atoms with Gasteiger partial charge in [-0.25, -0.2) is 0 Å². The summed E-state index contributed by atoms with van der Waals surface area (Å²) in [6.07, 6.45) is 3.84. The second-order valence-corrected chi connectivity index (χ2v) is 6.31. The Morgan fingerprint density at radius 3 is 2.89 bits per heavy atom. The van der Waals surface area contributed by atoms with Crippen LogP contribution in [0.2, 0.25) is 0 Å². The van der Waals surface area contributed by atoms with Crippen molar-refractivity contribution in [2.75, 3.05) is 5.32 Å². The van der Waals surface area contributed by atoms with E-state index < -0.39 is 0 Å². The fraction of sp³-hybridized carbons (Fsp3) is 0.500. The van der Waals surface area contributed by atoms with Crippen molar-refractivity contribution in [2.24, 2.45) is 11.7 Å². The van der Waals surface area contributed by atoms with E-state index in [0.29, 0.717) is 12.3 Å². The normalized spacial score (nSPS) is 23.1. The van der Waals surface area contributed by atoms with Crippen LogP contribution in [0.4, 0.5) is 5.69 Å². The number of aryl methyl sites for hydroxylation is 1. The molecule has 3 N–H and O–H groups in total. The van der Waals surface area contributed by atoms with E-state index in [4.69, 9.17) is 5.73 Å². The molecule has 0 saturated heterocycles. The third-order valence-corrected chi connectivity index (χ3v) is 4.30. The number of nitrogens with one attached hydrogen (secondary N) is 1. The van der Waals surface area contributed by atoms with Crippen molar-refractivity contribution in [3.8, 4) is 0 Å². The highest BCUT2D eigenvalue weighted by Gasteiger charge is 2.26. The van der Waals surface area contributed by atoms with Crippen molar-refractivity contribution in [3.63, 3.8) is 0 Å². The molecule has 0 aliphatic heterocycles. The molecule has 0 radical (unpaired) electrons. The minimum absolute atomic E-state index is 0.0849. The van der Waals surface area contributed by atoms with Gasteiger partial charge in [-0.3, -0.25) is 4.79 Å². The molecule has 1 aliphatic carbocycles. The minimum Gasteiger partial charge on any atom is -0.327 e. The van der Waals surface area contributed by atoms with E-state index in [1.165, 1.54) is 3.57 Å². The minimum atomic E-state index is 0.0849. The number of halogens is 1. The number of benzene rings is 1. The zero-order valence-corrected chi connectivity index (χ0v) is 12.7. The van der Waals surface area contributed by atoms with Crippen LogP contribution in [-0.4, -0.2) is 11.9 Å². The lowest BCUT2D eigenvalue weighted by Crippen LogP contribution is -2.28. The predicted octanol–water partition coefficient (Wildman–Crippen LogP) is 3.06. The molecule has 1 aliphatic rings. The van der Waals surface area contributed by atoms with Gasteiger partial charge in [-0.2, -0.15) is 0 Å². The fourth-order valence-electron chi connectivity index (χ4n) is 2.53. The smallest absolute Gasteiger partial charge is 0.224 e. The van der Waals surface area contributed by atoms with Crippen LogP contribution in [-0.2, 0) is 4.79 Å². The summed E-state index contributed by atoms with van der Waals surface area (Å²) in [4.78, 5) is 12.0. The van der Waals surface area contributed by atoms with Crippen molar-refractivity contribution < 1.29 is 4.79 Å². The first-order valence-electron chi connectivity index (χ1n) is 6.38. The highest BCUT2D eigenvalue weighted by molar-refractivity contribution is 14.1. The molecule has 3 nitrogen and oxygen atoms in total. The zero-order valence-electron chi connectivity index (χ0n) is 10.6. The Labute approximate surface area is 122 Å². The van der Waals surface area contributed by atoms with E-state index in [2.05, 4.69) is 34.0 Å². The quantitative estimate of drug-likeness (QED) is 0.816. The van der Waals surface area contributed by atoms with Crippen LogP contribution in [0.5, 0.6) is 0 Å². The van der Waals surface area contributed by atoms with Gasteiger partial charge >= 0.3 is 0 Å². The van der Waals surface area contributed by atoms with E-state index in [-0.39, 0.29) is 11.9 Å². The molecule has 1 fully saturated rings. The first-order chi connectivity index (χ1) is 8.56. The Morgan fingerprint density at radius 2 is 2.28 bits per heavy atom. The number of carbonyl (C=O) groups excluding carboxylic acids is 1. The zero-order chi connectivity index (χ0) is 13.1. The number of hydrogen-bond acceptors (Lipinski definition) is 2. The van der Waals surface area contributed by atoms with E-state index in [1.807, 2.05) is 19.1 Å². The van der Waals surface area contributed by atoms with E-state index in [9.17, 15) is 4.79 Å². The highest BCUT2D eigenvalue weighted by Crippen LogP contribution is 2.27. The van der Waals surface area contributed by atoms with E-state index >= 15 is 0 Å². The molecule has 0 aromatic heterocycles. The fourth-order valence-corrected chi connectivity index (χ4v) is 3.17. The van der Waals surface area contributed by atoms with Gasteiger partial charge in [0.25, 0.3) is 0 Å². The third-order valence-electron chi connectivity index (χ3n) is 3.63. The molecule has 0 unspecified atom stereocenters. The molecular formula is C14H19IN2O. The Kier molecular flexibility index (Phi) is 4.61. The number of hydrogen-bond donors (Lipinski definition) is 2. The highest BCUT2D eigenvalue weighted by atomic mass is 127. The summed E-state index contributed by atoms with van der Waals surface area (Å²) < 4.78 is 1.18. The molecule has 0 spiro atoms. The van der Waals surface area contributed by atoms with Crippen LogP contribution < -0.4 is 11.1 Å². The van der Waals surface area contributed by atoms with Crippen molar-refractivity contribution in [3.05, 3.63) is 27.3 Å². The summed E-state index contributed by atoms with van der Waals surface area (Å²) in [5.41, 5.74) is 8.00. The molecule has 0 bridgehead atoms. The maximum atomic E-state index is 12.0. The number of carbonyl (C=O) groups is 1. The molecule has 1 aromatic carbocycles. The standard InChI is InChI=1S/C14H19IN2O/c1-9-7-11(15)5-6-13(9)17-14(18)8-10-3-2-4-12(10)16/h5-7,10,12H,2-4,8,16H2,1H3,(H,17,18)/t10-,12+/m0/s1. The average molecular weight is 358 g/mol. The number of amides is 1. The van der Waals surface area contributed by atoms with Gasteiger partial charge in [-0.1, -0.05) is 6.42 Å². The van der Waals surface area contributed by atoms with Gasteiger partial charge in [0.1, 0.15) is 0 Å². The number of nitrogens with two attached hydrogens (primary N) is 1. The second kappa shape index (κ2) is 6.02. The number of rotatable bonds is 3. The van der Waals surface area contributed by atoms with Crippen molar-refractivity contribution in [1.82, 2.24) is 0 Å². The monoisotopic (exact) mass is 358 g/mol. The number of anilines is 1. The van der Waals surface area contributed by atoms with Crippen molar-refractivity contribution >= 4 is 34.2 Å². The lowest BCUT2D eigenvalue weighted by molar-refractivity contribution is -0.117. The summed E-state index contributed by atoms with van der Waals surface area (Å²) in [5.74, 6) is 0.441.